The highest BCUT2D eigenvalue weighted by atomic mass is 16.3. The maximum absolute atomic E-state index is 9.65. The molecule has 1 aliphatic carbocycles. The van der Waals surface area contributed by atoms with Crippen LogP contribution in [0.3, 0.4) is 0 Å². The van der Waals surface area contributed by atoms with Gasteiger partial charge < -0.3 is 5.11 Å². The van der Waals surface area contributed by atoms with Crippen molar-refractivity contribution in [1.29, 1.82) is 0 Å². The first-order chi connectivity index (χ1) is 11.8. The van der Waals surface area contributed by atoms with Gasteiger partial charge in [0.05, 0.1) is 12.1 Å². The summed E-state index contributed by atoms with van der Waals surface area (Å²) in [5, 5.41) is 22.4. The fraction of sp³-hybridized carbons (Fsp3) is 0.611. The molecule has 1 saturated carbocycles. The topological polar surface area (TPSA) is 67.1 Å². The molecule has 4 rings (SSSR count). The molecule has 0 amide bonds. The summed E-state index contributed by atoms with van der Waals surface area (Å²) in [5.74, 6) is 1.25. The zero-order chi connectivity index (χ0) is 16.4. The summed E-state index contributed by atoms with van der Waals surface area (Å²) in [6.45, 7) is 2.14. The second-order valence-electron chi connectivity index (χ2n) is 7.01. The lowest BCUT2D eigenvalue weighted by molar-refractivity contribution is 0.175. The summed E-state index contributed by atoms with van der Waals surface area (Å²) in [6.07, 6.45) is 8.60. The van der Waals surface area contributed by atoms with Crippen LogP contribution in [0.4, 0.5) is 0 Å². The summed E-state index contributed by atoms with van der Waals surface area (Å²) in [7, 11) is 0. The van der Waals surface area contributed by atoms with Crippen LogP contribution in [0.5, 0.6) is 5.75 Å². The van der Waals surface area contributed by atoms with Crippen molar-refractivity contribution in [2.75, 3.05) is 13.1 Å². The normalized spacial score (nSPS) is 21.2. The number of hydrogen-bond acceptors (Lipinski definition) is 5. The summed E-state index contributed by atoms with van der Waals surface area (Å²) < 4.78 is 2.07. The Morgan fingerprint density at radius 3 is 2.38 bits per heavy atom. The highest BCUT2D eigenvalue weighted by molar-refractivity contribution is 5.31. The number of piperidine rings is 1. The molecule has 1 aromatic carbocycles. The molecule has 1 aliphatic heterocycles. The lowest BCUT2D eigenvalue weighted by Crippen LogP contribution is -2.36. The number of tetrazole rings is 1. The summed E-state index contributed by atoms with van der Waals surface area (Å²) in [6, 6.07) is 8.03. The van der Waals surface area contributed by atoms with Gasteiger partial charge in [0.2, 0.25) is 0 Å². The summed E-state index contributed by atoms with van der Waals surface area (Å²) >= 11 is 0. The first-order valence-electron chi connectivity index (χ1n) is 9.13. The van der Waals surface area contributed by atoms with E-state index in [1.165, 1.54) is 44.9 Å². The van der Waals surface area contributed by atoms with Crippen LogP contribution in [0, 0.1) is 0 Å². The average molecular weight is 327 g/mol. The highest BCUT2D eigenvalue weighted by Crippen LogP contribution is 2.35. The Hall–Kier alpha value is -1.95. The van der Waals surface area contributed by atoms with Gasteiger partial charge in [0.25, 0.3) is 0 Å². The van der Waals surface area contributed by atoms with Gasteiger partial charge in [-0.1, -0.05) is 31.4 Å². The predicted octanol–water partition coefficient (Wildman–Crippen LogP) is 3.07. The lowest BCUT2D eigenvalue weighted by Gasteiger charge is -2.34. The molecule has 128 valence electrons. The molecule has 0 bridgehead atoms. The standard InChI is InChI=1S/C18H25N5O/c24-16-10-8-14(9-11-16)17(22-12-4-1-5-13-22)18-19-20-21-23(18)15-6-2-3-7-15/h8-11,15,17,24H,1-7,12-13H2. The Bertz CT molecular complexity index is 656. The van der Waals surface area contributed by atoms with Crippen molar-refractivity contribution in [3.63, 3.8) is 0 Å². The molecular formula is C18H25N5O. The number of hydrogen-bond donors (Lipinski definition) is 1. The molecule has 0 spiro atoms. The maximum atomic E-state index is 9.65. The van der Waals surface area contributed by atoms with Gasteiger partial charge in [-0.25, -0.2) is 4.68 Å². The largest absolute Gasteiger partial charge is 0.508 e. The first kappa shape index (κ1) is 15.6. The molecule has 1 unspecified atom stereocenters. The molecule has 24 heavy (non-hydrogen) atoms. The molecule has 1 aromatic heterocycles. The van der Waals surface area contributed by atoms with Crippen molar-refractivity contribution in [2.45, 2.75) is 57.0 Å². The van der Waals surface area contributed by atoms with Crippen molar-refractivity contribution in [1.82, 2.24) is 25.1 Å². The quantitative estimate of drug-likeness (QED) is 0.935. The Labute approximate surface area is 142 Å². The van der Waals surface area contributed by atoms with Crippen LogP contribution in [0.2, 0.25) is 0 Å². The smallest absolute Gasteiger partial charge is 0.173 e. The molecule has 0 radical (unpaired) electrons. The van der Waals surface area contributed by atoms with Gasteiger partial charge in [-0.05, 0) is 66.9 Å². The number of nitrogens with zero attached hydrogens (tertiary/aromatic N) is 5. The minimum atomic E-state index is 0.0708. The summed E-state index contributed by atoms with van der Waals surface area (Å²) in [4.78, 5) is 2.49. The van der Waals surface area contributed by atoms with E-state index in [1.54, 1.807) is 12.1 Å². The third kappa shape index (κ3) is 3.02. The SMILES string of the molecule is Oc1ccc(C(c2nnnn2C2CCCC2)N2CCCCC2)cc1. The summed E-state index contributed by atoms with van der Waals surface area (Å²) in [5.41, 5.74) is 1.16. The third-order valence-corrected chi connectivity index (χ3v) is 5.40. The van der Waals surface area contributed by atoms with Gasteiger partial charge in [-0.3, -0.25) is 4.90 Å². The molecule has 6 nitrogen and oxygen atoms in total. The Morgan fingerprint density at radius 2 is 1.67 bits per heavy atom. The number of phenols is 1. The van der Waals surface area contributed by atoms with E-state index < -0.39 is 0 Å². The number of likely N-dealkylation sites (tertiary alicyclic amines) is 1. The van der Waals surface area contributed by atoms with Crippen LogP contribution in [0.25, 0.3) is 0 Å². The average Bonchev–Trinajstić information content (AvgIpc) is 3.29. The van der Waals surface area contributed by atoms with Crippen molar-refractivity contribution < 1.29 is 5.11 Å². The zero-order valence-corrected chi connectivity index (χ0v) is 14.0. The number of benzene rings is 1. The fourth-order valence-corrected chi connectivity index (χ4v) is 4.15. The van der Waals surface area contributed by atoms with Gasteiger partial charge in [0.15, 0.2) is 5.82 Å². The third-order valence-electron chi connectivity index (χ3n) is 5.40. The molecular weight excluding hydrogens is 302 g/mol. The van der Waals surface area contributed by atoms with Crippen molar-refractivity contribution in [3.8, 4) is 5.75 Å². The van der Waals surface area contributed by atoms with Gasteiger partial charge >= 0.3 is 0 Å². The highest BCUT2D eigenvalue weighted by Gasteiger charge is 2.31. The predicted molar refractivity (Wildman–Crippen MR) is 90.7 cm³/mol. The second kappa shape index (κ2) is 6.89. The number of aromatic hydroxyl groups is 1. The monoisotopic (exact) mass is 327 g/mol. The van der Waals surface area contributed by atoms with Crippen LogP contribution in [0.1, 0.15) is 68.4 Å². The molecule has 1 atom stereocenters. The molecule has 2 fully saturated rings. The second-order valence-corrected chi connectivity index (χ2v) is 7.01. The van der Waals surface area contributed by atoms with Crippen LogP contribution in [-0.2, 0) is 0 Å². The van der Waals surface area contributed by atoms with E-state index in [0.29, 0.717) is 11.8 Å². The first-order valence-corrected chi connectivity index (χ1v) is 9.13. The Balaban J connectivity index is 1.72. The maximum Gasteiger partial charge on any atom is 0.173 e. The Morgan fingerprint density at radius 1 is 0.958 bits per heavy atom. The molecule has 2 heterocycles. The molecule has 2 aliphatic rings. The van der Waals surface area contributed by atoms with E-state index in [0.717, 1.165) is 24.5 Å². The van der Waals surface area contributed by atoms with Gasteiger partial charge in [-0.15, -0.1) is 5.10 Å². The van der Waals surface area contributed by atoms with Gasteiger partial charge in [-0.2, -0.15) is 0 Å². The van der Waals surface area contributed by atoms with Crippen LogP contribution < -0.4 is 0 Å². The fourth-order valence-electron chi connectivity index (χ4n) is 4.15. The van der Waals surface area contributed by atoms with E-state index in [-0.39, 0.29) is 6.04 Å². The van der Waals surface area contributed by atoms with E-state index in [1.807, 2.05) is 12.1 Å². The van der Waals surface area contributed by atoms with Crippen LogP contribution >= 0.6 is 0 Å². The molecule has 6 heteroatoms. The molecule has 1 N–H and O–H groups in total. The minimum Gasteiger partial charge on any atom is -0.508 e. The number of phenolic OH excluding ortho intramolecular Hbond substituents is 1. The van der Waals surface area contributed by atoms with E-state index in [2.05, 4.69) is 25.1 Å². The van der Waals surface area contributed by atoms with Crippen molar-refractivity contribution in [3.05, 3.63) is 35.7 Å². The lowest BCUT2D eigenvalue weighted by atomic mass is 10.0. The van der Waals surface area contributed by atoms with Crippen molar-refractivity contribution >= 4 is 0 Å². The van der Waals surface area contributed by atoms with E-state index >= 15 is 0 Å². The number of aromatic nitrogens is 4. The van der Waals surface area contributed by atoms with Gasteiger partial charge in [0, 0.05) is 0 Å². The molecule has 2 aromatic rings. The van der Waals surface area contributed by atoms with Crippen molar-refractivity contribution in [2.24, 2.45) is 0 Å². The van der Waals surface area contributed by atoms with E-state index in [4.69, 9.17) is 0 Å². The number of rotatable bonds is 4. The zero-order valence-electron chi connectivity index (χ0n) is 14.0. The van der Waals surface area contributed by atoms with E-state index in [9.17, 15) is 5.11 Å². The Kier molecular flexibility index (Phi) is 4.47. The molecule has 1 saturated heterocycles. The van der Waals surface area contributed by atoms with Crippen LogP contribution in [0.15, 0.2) is 24.3 Å². The van der Waals surface area contributed by atoms with Crippen LogP contribution in [-0.4, -0.2) is 43.3 Å². The van der Waals surface area contributed by atoms with Gasteiger partial charge in [0.1, 0.15) is 5.75 Å². The minimum absolute atomic E-state index is 0.0708.